The van der Waals surface area contributed by atoms with Gasteiger partial charge in [-0.25, -0.2) is 0 Å². The molecule has 2 aliphatic rings. The van der Waals surface area contributed by atoms with E-state index in [0.29, 0.717) is 18.6 Å². The maximum atomic E-state index is 12.8. The molecule has 0 radical (unpaired) electrons. The van der Waals surface area contributed by atoms with E-state index >= 15 is 0 Å². The lowest BCUT2D eigenvalue weighted by Crippen LogP contribution is -2.38. The van der Waals surface area contributed by atoms with Crippen molar-refractivity contribution in [2.24, 2.45) is 5.41 Å². The summed E-state index contributed by atoms with van der Waals surface area (Å²) < 4.78 is 22.3. The summed E-state index contributed by atoms with van der Waals surface area (Å²) in [5.41, 5.74) is 3.27. The number of nitrogens with one attached hydrogen (secondary N) is 2. The van der Waals surface area contributed by atoms with E-state index in [1.54, 1.807) is 6.92 Å². The fourth-order valence-corrected chi connectivity index (χ4v) is 4.86. The van der Waals surface area contributed by atoms with Crippen LogP contribution in [0.3, 0.4) is 0 Å². The van der Waals surface area contributed by atoms with Crippen molar-refractivity contribution in [1.82, 2.24) is 10.6 Å². The van der Waals surface area contributed by atoms with Gasteiger partial charge in [0.15, 0.2) is 0 Å². The third kappa shape index (κ3) is 5.73. The first-order chi connectivity index (χ1) is 12.2. The van der Waals surface area contributed by atoms with E-state index < -0.39 is 10.8 Å². The van der Waals surface area contributed by atoms with Crippen molar-refractivity contribution >= 4 is 10.8 Å². The number of aliphatic hydroxyl groups excluding tert-OH is 1. The number of hydrogen-bond donors (Lipinski definition) is 3. The van der Waals surface area contributed by atoms with Gasteiger partial charge in [-0.15, -0.1) is 0 Å². The van der Waals surface area contributed by atoms with Gasteiger partial charge in [0.1, 0.15) is 5.76 Å². The van der Waals surface area contributed by atoms with E-state index in [4.69, 9.17) is 0 Å². The standard InChI is InChI=1S/C17H26N2O2S.C2H6.CH3F/c1-7-12-15(11(4)20)19-13-8-17(5,6)9-22(21)16(13)14(18-12)10(2)3;2*1-2/h7,14,18-20H,2,8-9H2,1,3-6H3;1-2H3;1H3/b12-7+,15-11-;;. The number of rotatable bonds is 1. The first-order valence-electron chi connectivity index (χ1n) is 8.91. The molecule has 0 aliphatic carbocycles. The summed E-state index contributed by atoms with van der Waals surface area (Å²) in [6, 6.07) is -0.178. The first kappa shape index (κ1) is 24.4. The molecule has 0 fully saturated rings. The van der Waals surface area contributed by atoms with Crippen LogP contribution in [0, 0.1) is 5.41 Å². The van der Waals surface area contributed by atoms with Crippen LogP contribution in [0.4, 0.5) is 4.39 Å². The molecule has 0 saturated carbocycles. The van der Waals surface area contributed by atoms with Crippen molar-refractivity contribution < 1.29 is 13.7 Å². The molecule has 2 atom stereocenters. The Morgan fingerprint density at radius 1 is 1.35 bits per heavy atom. The predicted molar refractivity (Wildman–Crippen MR) is 111 cm³/mol. The lowest BCUT2D eigenvalue weighted by atomic mass is 9.88. The maximum Gasteiger partial charge on any atom is 0.115 e. The second kappa shape index (κ2) is 10.6. The third-order valence-electron chi connectivity index (χ3n) is 3.97. The van der Waals surface area contributed by atoms with Gasteiger partial charge in [-0.05, 0) is 32.6 Å². The van der Waals surface area contributed by atoms with Crippen LogP contribution in [0.5, 0.6) is 0 Å². The van der Waals surface area contributed by atoms with E-state index in [9.17, 15) is 13.7 Å². The van der Waals surface area contributed by atoms with E-state index in [2.05, 4.69) is 31.1 Å². The van der Waals surface area contributed by atoms with Crippen molar-refractivity contribution in [3.8, 4) is 0 Å². The van der Waals surface area contributed by atoms with E-state index in [0.717, 1.165) is 28.3 Å². The van der Waals surface area contributed by atoms with Gasteiger partial charge >= 0.3 is 0 Å². The average molecular weight is 387 g/mol. The highest BCUT2D eigenvalue weighted by atomic mass is 32.2. The SMILES string of the molecule is C=C(C)C1NC(=C/C)/C(=C(\C)O)NC2=C1S(=O)CC(C)(C)C2.CC.CF. The van der Waals surface area contributed by atoms with Crippen molar-refractivity contribution in [2.75, 3.05) is 12.9 Å². The molecule has 0 amide bonds. The Labute approximate surface area is 160 Å². The van der Waals surface area contributed by atoms with Crippen molar-refractivity contribution in [3.63, 3.8) is 0 Å². The zero-order chi connectivity index (χ0) is 20.7. The van der Waals surface area contributed by atoms with Gasteiger partial charge in [-0.2, -0.15) is 0 Å². The van der Waals surface area contributed by atoms with Crippen molar-refractivity contribution in [1.29, 1.82) is 0 Å². The van der Waals surface area contributed by atoms with Crippen LogP contribution in [0.2, 0.25) is 0 Å². The highest BCUT2D eigenvalue weighted by Crippen LogP contribution is 2.38. The summed E-state index contributed by atoms with van der Waals surface area (Å²) in [6.07, 6.45) is 2.71. The number of alkyl halides is 1. The van der Waals surface area contributed by atoms with Gasteiger partial charge in [0, 0.05) is 11.4 Å². The zero-order valence-corrected chi connectivity index (χ0v) is 18.2. The smallest absolute Gasteiger partial charge is 0.115 e. The summed E-state index contributed by atoms with van der Waals surface area (Å²) in [6.45, 7) is 17.8. The monoisotopic (exact) mass is 386 g/mol. The topological polar surface area (TPSA) is 61.4 Å². The Morgan fingerprint density at radius 3 is 2.31 bits per heavy atom. The molecular formula is C20H35FN2O2S. The predicted octanol–water partition coefficient (Wildman–Crippen LogP) is 4.82. The molecule has 0 bridgehead atoms. The van der Waals surface area contributed by atoms with Gasteiger partial charge in [0.2, 0.25) is 0 Å². The summed E-state index contributed by atoms with van der Waals surface area (Å²) in [5, 5.41) is 16.7. The Morgan fingerprint density at radius 2 is 1.88 bits per heavy atom. The van der Waals surface area contributed by atoms with Crippen LogP contribution in [0.1, 0.15) is 54.9 Å². The molecule has 150 valence electrons. The minimum atomic E-state index is -1.07. The Kier molecular flexibility index (Phi) is 9.92. The fourth-order valence-electron chi connectivity index (χ4n) is 2.97. The largest absolute Gasteiger partial charge is 0.510 e. The quantitative estimate of drug-likeness (QED) is 0.447. The molecule has 0 spiro atoms. The summed E-state index contributed by atoms with van der Waals surface area (Å²) in [5.74, 6) is 0.852. The molecule has 0 aromatic rings. The molecule has 26 heavy (non-hydrogen) atoms. The van der Waals surface area contributed by atoms with Crippen LogP contribution < -0.4 is 10.6 Å². The Balaban J connectivity index is 0.00000146. The molecule has 2 heterocycles. The second-order valence-electron chi connectivity index (χ2n) is 6.89. The molecule has 3 N–H and O–H groups in total. The van der Waals surface area contributed by atoms with Gasteiger partial charge in [-0.3, -0.25) is 8.60 Å². The number of allylic oxidation sites excluding steroid dienone is 3. The van der Waals surface area contributed by atoms with E-state index in [1.165, 1.54) is 0 Å². The number of aliphatic hydroxyl groups is 1. The first-order valence-corrected chi connectivity index (χ1v) is 10.2. The number of halogens is 1. The Bertz CT molecular complexity index is 630. The van der Waals surface area contributed by atoms with Crippen LogP contribution >= 0.6 is 0 Å². The van der Waals surface area contributed by atoms with Crippen LogP contribution in [-0.4, -0.2) is 28.3 Å². The van der Waals surface area contributed by atoms with Gasteiger partial charge in [0.25, 0.3) is 0 Å². The lowest BCUT2D eigenvalue weighted by molar-refractivity contribution is 0.390. The van der Waals surface area contributed by atoms with Crippen LogP contribution in [0.25, 0.3) is 0 Å². The zero-order valence-electron chi connectivity index (χ0n) is 17.4. The molecule has 6 heteroatoms. The van der Waals surface area contributed by atoms with Crippen molar-refractivity contribution in [2.45, 2.75) is 60.9 Å². The number of hydrogen-bond acceptors (Lipinski definition) is 4. The highest BCUT2D eigenvalue weighted by Gasteiger charge is 2.38. The highest BCUT2D eigenvalue weighted by molar-refractivity contribution is 7.89. The molecule has 0 aromatic carbocycles. The molecule has 2 unspecified atom stereocenters. The van der Waals surface area contributed by atoms with Gasteiger partial charge < -0.3 is 15.7 Å². The second-order valence-corrected chi connectivity index (χ2v) is 8.30. The van der Waals surface area contributed by atoms with Crippen LogP contribution in [0.15, 0.2) is 46.0 Å². The summed E-state index contributed by atoms with van der Waals surface area (Å²) in [7, 11) is -0.571. The Hall–Kier alpha value is -1.56. The summed E-state index contributed by atoms with van der Waals surface area (Å²) >= 11 is 0. The lowest BCUT2D eigenvalue weighted by Gasteiger charge is -2.34. The molecule has 0 saturated heterocycles. The minimum absolute atomic E-state index is 0.0365. The van der Waals surface area contributed by atoms with Crippen molar-refractivity contribution in [3.05, 3.63) is 46.0 Å². The molecule has 4 nitrogen and oxygen atoms in total. The maximum absolute atomic E-state index is 12.8. The minimum Gasteiger partial charge on any atom is -0.510 e. The fraction of sp³-hybridized carbons (Fsp3) is 0.600. The van der Waals surface area contributed by atoms with Crippen LogP contribution in [-0.2, 0) is 10.8 Å². The average Bonchev–Trinajstić information content (AvgIpc) is 2.74. The van der Waals surface area contributed by atoms with E-state index in [1.807, 2.05) is 33.8 Å². The molecule has 0 aromatic heterocycles. The van der Waals surface area contributed by atoms with E-state index in [-0.39, 0.29) is 17.2 Å². The molecule has 2 rings (SSSR count). The summed E-state index contributed by atoms with van der Waals surface area (Å²) in [4.78, 5) is 0.863. The van der Waals surface area contributed by atoms with Gasteiger partial charge in [-0.1, -0.05) is 45.9 Å². The normalized spacial score (nSPS) is 27.3. The molecular weight excluding hydrogens is 351 g/mol. The third-order valence-corrected chi connectivity index (χ3v) is 5.99. The van der Waals surface area contributed by atoms with Gasteiger partial charge in [0.05, 0.1) is 40.3 Å². The molecule has 2 aliphatic heterocycles.